The Balaban J connectivity index is 2.99. The first-order valence-electron chi connectivity index (χ1n) is 4.37. The molecule has 1 amide bonds. The largest absolute Gasteiger partial charge is 0.465 e. The summed E-state index contributed by atoms with van der Waals surface area (Å²) < 4.78 is 4.52. The van der Waals surface area contributed by atoms with Crippen LogP contribution >= 0.6 is 11.6 Å². The molecule has 16 heavy (non-hydrogen) atoms. The molecule has 86 valence electrons. The van der Waals surface area contributed by atoms with Crippen LogP contribution in [0.3, 0.4) is 0 Å². The van der Waals surface area contributed by atoms with E-state index in [4.69, 9.17) is 16.7 Å². The van der Waals surface area contributed by atoms with Crippen molar-refractivity contribution in [2.75, 3.05) is 19.0 Å². The smallest absolute Gasteiger partial charge is 0.337 e. The van der Waals surface area contributed by atoms with Crippen molar-refractivity contribution in [2.45, 2.75) is 0 Å². The third-order valence-corrected chi connectivity index (χ3v) is 2.13. The van der Waals surface area contributed by atoms with E-state index in [2.05, 4.69) is 10.1 Å². The SMILES string of the molecule is COC(=O)c1ccc(Cl)c(NC(=O)CO)c1. The fourth-order valence-electron chi connectivity index (χ4n) is 1.06. The second kappa shape index (κ2) is 5.48. The topological polar surface area (TPSA) is 75.6 Å². The lowest BCUT2D eigenvalue weighted by molar-refractivity contribution is -0.118. The van der Waals surface area contributed by atoms with Crippen LogP contribution in [0.15, 0.2) is 18.2 Å². The highest BCUT2D eigenvalue weighted by atomic mass is 35.5. The maximum atomic E-state index is 11.2. The minimum Gasteiger partial charge on any atom is -0.465 e. The van der Waals surface area contributed by atoms with Crippen molar-refractivity contribution >= 4 is 29.2 Å². The third kappa shape index (κ3) is 2.95. The Morgan fingerprint density at radius 3 is 2.75 bits per heavy atom. The summed E-state index contributed by atoms with van der Waals surface area (Å²) in [7, 11) is 1.25. The zero-order valence-corrected chi connectivity index (χ0v) is 9.25. The van der Waals surface area contributed by atoms with Crippen LogP contribution in [0.25, 0.3) is 0 Å². The number of rotatable bonds is 3. The Hall–Kier alpha value is -1.59. The molecule has 0 aliphatic carbocycles. The molecule has 1 rings (SSSR count). The molecule has 0 fully saturated rings. The molecular weight excluding hydrogens is 234 g/mol. The van der Waals surface area contributed by atoms with Gasteiger partial charge >= 0.3 is 5.97 Å². The molecule has 0 saturated heterocycles. The lowest BCUT2D eigenvalue weighted by atomic mass is 10.2. The van der Waals surface area contributed by atoms with Gasteiger partial charge in [0.25, 0.3) is 0 Å². The highest BCUT2D eigenvalue weighted by molar-refractivity contribution is 6.33. The zero-order chi connectivity index (χ0) is 12.1. The molecular formula is C10H10ClNO4. The highest BCUT2D eigenvalue weighted by Crippen LogP contribution is 2.23. The van der Waals surface area contributed by atoms with Gasteiger partial charge in [-0.25, -0.2) is 4.79 Å². The van der Waals surface area contributed by atoms with E-state index in [0.29, 0.717) is 0 Å². The van der Waals surface area contributed by atoms with Gasteiger partial charge in [0.2, 0.25) is 5.91 Å². The number of nitrogens with one attached hydrogen (secondary N) is 1. The molecule has 0 spiro atoms. The van der Waals surface area contributed by atoms with Crippen molar-refractivity contribution in [1.82, 2.24) is 0 Å². The quantitative estimate of drug-likeness (QED) is 0.779. The van der Waals surface area contributed by atoms with Crippen molar-refractivity contribution in [3.05, 3.63) is 28.8 Å². The number of esters is 1. The number of carbonyl (C=O) groups excluding carboxylic acids is 2. The van der Waals surface area contributed by atoms with Gasteiger partial charge in [-0.3, -0.25) is 4.79 Å². The lowest BCUT2D eigenvalue weighted by Gasteiger charge is -2.07. The summed E-state index contributed by atoms with van der Waals surface area (Å²) in [4.78, 5) is 22.2. The number of benzene rings is 1. The van der Waals surface area contributed by atoms with E-state index >= 15 is 0 Å². The van der Waals surface area contributed by atoms with Crippen LogP contribution in [0.2, 0.25) is 5.02 Å². The highest BCUT2D eigenvalue weighted by Gasteiger charge is 2.10. The van der Waals surface area contributed by atoms with Gasteiger partial charge in [-0.1, -0.05) is 11.6 Å². The fourth-order valence-corrected chi connectivity index (χ4v) is 1.22. The normalized spacial score (nSPS) is 9.69. The Morgan fingerprint density at radius 1 is 1.50 bits per heavy atom. The molecule has 0 aromatic heterocycles. The summed E-state index contributed by atoms with van der Waals surface area (Å²) in [6.07, 6.45) is 0. The number of aliphatic hydroxyl groups excluding tert-OH is 1. The first-order valence-corrected chi connectivity index (χ1v) is 4.75. The number of anilines is 1. The van der Waals surface area contributed by atoms with Gasteiger partial charge in [0.05, 0.1) is 23.4 Å². The molecule has 0 unspecified atom stereocenters. The van der Waals surface area contributed by atoms with Crippen molar-refractivity contribution in [3.63, 3.8) is 0 Å². The maximum Gasteiger partial charge on any atom is 0.337 e. The predicted octanol–water partition coefficient (Wildman–Crippen LogP) is 1.06. The average Bonchev–Trinajstić information content (AvgIpc) is 2.30. The molecule has 1 aromatic rings. The van der Waals surface area contributed by atoms with Crippen molar-refractivity contribution < 1.29 is 19.4 Å². The third-order valence-electron chi connectivity index (χ3n) is 1.81. The molecule has 0 atom stereocenters. The van der Waals surface area contributed by atoms with Crippen molar-refractivity contribution in [2.24, 2.45) is 0 Å². The molecule has 5 nitrogen and oxygen atoms in total. The summed E-state index contributed by atoms with van der Waals surface area (Å²) >= 11 is 5.80. The van der Waals surface area contributed by atoms with Crippen LogP contribution in [0.5, 0.6) is 0 Å². The number of methoxy groups -OCH3 is 1. The van der Waals surface area contributed by atoms with Crippen LogP contribution in [0, 0.1) is 0 Å². The molecule has 0 aliphatic heterocycles. The van der Waals surface area contributed by atoms with Crippen LogP contribution < -0.4 is 5.32 Å². The van der Waals surface area contributed by atoms with E-state index in [1.807, 2.05) is 0 Å². The van der Waals surface area contributed by atoms with Gasteiger partial charge in [0, 0.05) is 0 Å². The average molecular weight is 244 g/mol. The number of carbonyl (C=O) groups is 2. The minimum atomic E-state index is -0.654. The van der Waals surface area contributed by atoms with E-state index in [1.165, 1.54) is 25.3 Å². The van der Waals surface area contributed by atoms with E-state index < -0.39 is 18.5 Å². The molecule has 2 N–H and O–H groups in total. The number of amides is 1. The van der Waals surface area contributed by atoms with Gasteiger partial charge < -0.3 is 15.2 Å². The molecule has 0 heterocycles. The Morgan fingerprint density at radius 2 is 2.19 bits per heavy atom. The van der Waals surface area contributed by atoms with Gasteiger partial charge in [0.1, 0.15) is 6.61 Å². The summed E-state index contributed by atoms with van der Waals surface area (Å²) in [6.45, 7) is -0.654. The number of halogens is 1. The molecule has 1 aromatic carbocycles. The lowest BCUT2D eigenvalue weighted by Crippen LogP contribution is -2.16. The Bertz CT molecular complexity index is 419. The molecule has 0 saturated carbocycles. The van der Waals surface area contributed by atoms with Gasteiger partial charge in [-0.05, 0) is 18.2 Å². The van der Waals surface area contributed by atoms with Crippen molar-refractivity contribution in [3.8, 4) is 0 Å². The van der Waals surface area contributed by atoms with Crippen LogP contribution in [0.1, 0.15) is 10.4 Å². The van der Waals surface area contributed by atoms with E-state index in [0.717, 1.165) is 0 Å². The number of ether oxygens (including phenoxy) is 1. The molecule has 0 aliphatic rings. The van der Waals surface area contributed by atoms with Gasteiger partial charge in [0.15, 0.2) is 0 Å². The molecule has 6 heteroatoms. The molecule has 0 bridgehead atoms. The van der Waals surface area contributed by atoms with Gasteiger partial charge in [-0.15, -0.1) is 0 Å². The fraction of sp³-hybridized carbons (Fsp3) is 0.200. The second-order valence-electron chi connectivity index (χ2n) is 2.89. The summed E-state index contributed by atoms with van der Waals surface area (Å²) in [5.74, 6) is -1.14. The number of hydrogen-bond donors (Lipinski definition) is 2. The standard InChI is InChI=1S/C10H10ClNO4/c1-16-10(15)6-2-3-7(11)8(4-6)12-9(14)5-13/h2-4,13H,5H2,1H3,(H,12,14). The Kier molecular flexibility index (Phi) is 4.28. The number of hydrogen-bond acceptors (Lipinski definition) is 4. The molecule has 0 radical (unpaired) electrons. The number of aliphatic hydroxyl groups is 1. The van der Waals surface area contributed by atoms with Crippen molar-refractivity contribution in [1.29, 1.82) is 0 Å². The summed E-state index contributed by atoms with van der Waals surface area (Å²) in [5.41, 5.74) is 0.517. The van der Waals surface area contributed by atoms with E-state index in [-0.39, 0.29) is 16.3 Å². The minimum absolute atomic E-state index is 0.253. The zero-order valence-electron chi connectivity index (χ0n) is 8.49. The maximum absolute atomic E-state index is 11.2. The first kappa shape index (κ1) is 12.5. The summed E-state index contributed by atoms with van der Waals surface area (Å²) in [5, 5.41) is 11.2. The van der Waals surface area contributed by atoms with E-state index in [1.54, 1.807) is 0 Å². The summed E-state index contributed by atoms with van der Waals surface area (Å²) in [6, 6.07) is 4.31. The van der Waals surface area contributed by atoms with Crippen LogP contribution in [0.4, 0.5) is 5.69 Å². The van der Waals surface area contributed by atoms with Gasteiger partial charge in [-0.2, -0.15) is 0 Å². The van der Waals surface area contributed by atoms with E-state index in [9.17, 15) is 9.59 Å². The van der Waals surface area contributed by atoms with Crippen LogP contribution in [-0.4, -0.2) is 30.7 Å². The first-order chi connectivity index (χ1) is 7.58. The monoisotopic (exact) mass is 243 g/mol. The predicted molar refractivity (Wildman–Crippen MR) is 58.5 cm³/mol. The Labute approximate surface area is 97.0 Å². The van der Waals surface area contributed by atoms with Crippen LogP contribution in [-0.2, 0) is 9.53 Å². The second-order valence-corrected chi connectivity index (χ2v) is 3.30.